The average Bonchev–Trinajstić information content (AvgIpc) is 3.31. The summed E-state index contributed by atoms with van der Waals surface area (Å²) in [7, 11) is 0. The van der Waals surface area contributed by atoms with Crippen molar-refractivity contribution in [1.82, 2.24) is 19.9 Å². The fourth-order valence-electron chi connectivity index (χ4n) is 4.64. The summed E-state index contributed by atoms with van der Waals surface area (Å²) in [6.45, 7) is 13.0. The number of benzene rings is 1. The lowest BCUT2D eigenvalue weighted by molar-refractivity contribution is 0.169. The van der Waals surface area contributed by atoms with Crippen molar-refractivity contribution in [2.75, 3.05) is 49.5 Å². The van der Waals surface area contributed by atoms with Gasteiger partial charge in [-0.05, 0) is 38.8 Å². The van der Waals surface area contributed by atoms with Gasteiger partial charge >= 0.3 is 6.03 Å². The minimum absolute atomic E-state index is 0.229. The number of likely N-dealkylation sites (tertiary alicyclic amines) is 1. The highest BCUT2D eigenvalue weighted by Crippen LogP contribution is 2.34. The van der Waals surface area contributed by atoms with Crippen molar-refractivity contribution in [3.05, 3.63) is 35.7 Å². The standard InChI is InChI=1S/C24H35FN6O2/c1-5-20-26-22(28-33-20)24(4)9-11-31(12-10-24)23(32)27-21-18(25)7-6-8-19(21)30-15-13-29(14-16-30)17(2)3/h6-8,17H,5,9-16H2,1-4H3,(H,27,32). The molecule has 2 fully saturated rings. The zero-order chi connectivity index (χ0) is 23.6. The Bertz CT molecular complexity index is 962. The van der Waals surface area contributed by atoms with Gasteiger partial charge in [0.15, 0.2) is 5.82 Å². The fraction of sp³-hybridized carbons (Fsp3) is 0.625. The van der Waals surface area contributed by atoms with Crippen molar-refractivity contribution >= 4 is 17.4 Å². The van der Waals surface area contributed by atoms with Crippen molar-refractivity contribution < 1.29 is 13.7 Å². The maximum absolute atomic E-state index is 14.8. The SMILES string of the molecule is CCc1nc(C2(C)CCN(C(=O)Nc3c(F)cccc3N3CCN(C(C)C)CC3)CC2)no1. The monoisotopic (exact) mass is 458 g/mol. The molecule has 180 valence electrons. The van der Waals surface area contributed by atoms with Gasteiger partial charge in [-0.1, -0.05) is 25.1 Å². The fourth-order valence-corrected chi connectivity index (χ4v) is 4.64. The number of para-hydroxylation sites is 1. The number of amides is 2. The van der Waals surface area contributed by atoms with Crippen LogP contribution in [0.4, 0.5) is 20.6 Å². The van der Waals surface area contributed by atoms with Crippen molar-refractivity contribution in [2.45, 2.75) is 58.4 Å². The summed E-state index contributed by atoms with van der Waals surface area (Å²) in [5, 5.41) is 7.01. The molecule has 1 aromatic carbocycles. The van der Waals surface area contributed by atoms with E-state index in [2.05, 4.69) is 46.0 Å². The van der Waals surface area contributed by atoms with Gasteiger partial charge in [0.2, 0.25) is 5.89 Å². The molecule has 0 bridgehead atoms. The summed E-state index contributed by atoms with van der Waals surface area (Å²) >= 11 is 0. The van der Waals surface area contributed by atoms with E-state index in [1.54, 1.807) is 11.0 Å². The summed E-state index contributed by atoms with van der Waals surface area (Å²) in [4.78, 5) is 23.9. The number of anilines is 2. The van der Waals surface area contributed by atoms with E-state index in [9.17, 15) is 9.18 Å². The normalized spacial score (nSPS) is 19.2. The van der Waals surface area contributed by atoms with E-state index in [1.165, 1.54) is 6.07 Å². The van der Waals surface area contributed by atoms with Crippen LogP contribution < -0.4 is 10.2 Å². The zero-order valence-corrected chi connectivity index (χ0v) is 20.1. The van der Waals surface area contributed by atoms with Crippen LogP contribution in [-0.2, 0) is 11.8 Å². The molecule has 0 atom stereocenters. The number of aromatic nitrogens is 2. The number of aryl methyl sites for hydroxylation is 1. The predicted molar refractivity (Wildman–Crippen MR) is 126 cm³/mol. The number of piperidine rings is 1. The summed E-state index contributed by atoms with van der Waals surface area (Å²) in [6, 6.07) is 5.21. The van der Waals surface area contributed by atoms with Gasteiger partial charge in [-0.3, -0.25) is 4.90 Å². The predicted octanol–water partition coefficient (Wildman–Crippen LogP) is 3.89. The van der Waals surface area contributed by atoms with Gasteiger partial charge in [-0.15, -0.1) is 0 Å². The molecule has 0 radical (unpaired) electrons. The first kappa shape index (κ1) is 23.5. The highest BCUT2D eigenvalue weighted by Gasteiger charge is 2.37. The molecular formula is C24H35FN6O2. The van der Waals surface area contributed by atoms with Crippen LogP contribution in [0.15, 0.2) is 22.7 Å². The van der Waals surface area contributed by atoms with Crippen LogP contribution in [0.5, 0.6) is 0 Å². The molecule has 2 aromatic rings. The molecule has 2 amide bonds. The van der Waals surface area contributed by atoms with E-state index < -0.39 is 5.82 Å². The van der Waals surface area contributed by atoms with E-state index in [0.717, 1.165) is 44.7 Å². The maximum atomic E-state index is 14.8. The summed E-state index contributed by atoms with van der Waals surface area (Å²) in [5.74, 6) is 0.928. The third-order valence-electron chi connectivity index (χ3n) is 7.07. The minimum Gasteiger partial charge on any atom is -0.367 e. The Morgan fingerprint density at radius 1 is 1.18 bits per heavy atom. The van der Waals surface area contributed by atoms with Crippen LogP contribution in [0.25, 0.3) is 0 Å². The highest BCUT2D eigenvalue weighted by molar-refractivity contribution is 5.93. The number of nitrogens with zero attached hydrogens (tertiary/aromatic N) is 5. The number of piperazine rings is 1. The second-order valence-electron chi connectivity index (χ2n) is 9.59. The second-order valence-corrected chi connectivity index (χ2v) is 9.59. The number of urea groups is 1. The molecule has 2 saturated heterocycles. The Balaban J connectivity index is 1.41. The number of rotatable bonds is 5. The molecule has 9 heteroatoms. The number of carbonyl (C=O) groups excluding carboxylic acids is 1. The topological polar surface area (TPSA) is 77.7 Å². The molecule has 0 aliphatic carbocycles. The minimum atomic E-state index is -0.409. The lowest BCUT2D eigenvalue weighted by Crippen LogP contribution is -2.49. The number of nitrogens with one attached hydrogen (secondary N) is 1. The van der Waals surface area contributed by atoms with Crippen LogP contribution in [0.2, 0.25) is 0 Å². The molecule has 0 unspecified atom stereocenters. The van der Waals surface area contributed by atoms with Gasteiger partial charge in [-0.2, -0.15) is 4.98 Å². The van der Waals surface area contributed by atoms with Gasteiger partial charge < -0.3 is 19.6 Å². The number of hydrogen-bond acceptors (Lipinski definition) is 6. The summed E-state index contributed by atoms with van der Waals surface area (Å²) in [5.41, 5.74) is 0.777. The molecule has 4 rings (SSSR count). The van der Waals surface area contributed by atoms with Gasteiger partial charge in [0, 0.05) is 57.1 Å². The first-order valence-corrected chi connectivity index (χ1v) is 12.0. The summed E-state index contributed by atoms with van der Waals surface area (Å²) < 4.78 is 20.1. The number of halogens is 1. The van der Waals surface area contributed by atoms with Crippen molar-refractivity contribution in [3.63, 3.8) is 0 Å². The Labute approximate surface area is 195 Å². The molecule has 8 nitrogen and oxygen atoms in total. The lowest BCUT2D eigenvalue weighted by atomic mass is 9.80. The van der Waals surface area contributed by atoms with Crippen LogP contribution in [0.1, 0.15) is 52.3 Å². The van der Waals surface area contributed by atoms with Gasteiger partial charge in [-0.25, -0.2) is 9.18 Å². The Kier molecular flexibility index (Phi) is 6.88. The molecule has 2 aliphatic rings. The smallest absolute Gasteiger partial charge is 0.321 e. The highest BCUT2D eigenvalue weighted by atomic mass is 19.1. The van der Waals surface area contributed by atoms with E-state index >= 15 is 0 Å². The van der Waals surface area contributed by atoms with Crippen molar-refractivity contribution in [1.29, 1.82) is 0 Å². The molecule has 3 heterocycles. The Morgan fingerprint density at radius 2 is 1.88 bits per heavy atom. The average molecular weight is 459 g/mol. The van der Waals surface area contributed by atoms with Gasteiger partial charge in [0.1, 0.15) is 11.5 Å². The largest absolute Gasteiger partial charge is 0.367 e. The maximum Gasteiger partial charge on any atom is 0.321 e. The van der Waals surface area contributed by atoms with E-state index in [4.69, 9.17) is 4.52 Å². The van der Waals surface area contributed by atoms with Crippen molar-refractivity contribution in [2.24, 2.45) is 0 Å². The number of carbonyl (C=O) groups is 1. The molecular weight excluding hydrogens is 423 g/mol. The van der Waals surface area contributed by atoms with Crippen LogP contribution in [-0.4, -0.2) is 71.3 Å². The summed E-state index contributed by atoms with van der Waals surface area (Å²) in [6.07, 6.45) is 2.16. The molecule has 1 aromatic heterocycles. The third kappa shape index (κ3) is 4.98. The van der Waals surface area contributed by atoms with Gasteiger partial charge in [0.05, 0.1) is 5.69 Å². The van der Waals surface area contributed by atoms with E-state index in [1.807, 2.05) is 13.0 Å². The molecule has 1 N–H and O–H groups in total. The number of hydrogen-bond donors (Lipinski definition) is 1. The first-order chi connectivity index (χ1) is 15.8. The van der Waals surface area contributed by atoms with E-state index in [0.29, 0.717) is 37.3 Å². The lowest BCUT2D eigenvalue weighted by Gasteiger charge is -2.39. The van der Waals surface area contributed by atoms with E-state index in [-0.39, 0.29) is 17.1 Å². The Morgan fingerprint density at radius 3 is 2.48 bits per heavy atom. The molecule has 2 aliphatic heterocycles. The third-order valence-corrected chi connectivity index (χ3v) is 7.07. The quantitative estimate of drug-likeness (QED) is 0.733. The zero-order valence-electron chi connectivity index (χ0n) is 20.1. The first-order valence-electron chi connectivity index (χ1n) is 12.0. The Hall–Kier alpha value is -2.68. The van der Waals surface area contributed by atoms with Gasteiger partial charge in [0.25, 0.3) is 0 Å². The molecule has 0 saturated carbocycles. The second kappa shape index (κ2) is 9.67. The van der Waals surface area contributed by atoms with Crippen LogP contribution in [0.3, 0.4) is 0 Å². The molecule has 33 heavy (non-hydrogen) atoms. The van der Waals surface area contributed by atoms with Crippen LogP contribution >= 0.6 is 0 Å². The van der Waals surface area contributed by atoms with Crippen LogP contribution in [0, 0.1) is 5.82 Å². The molecule has 0 spiro atoms. The van der Waals surface area contributed by atoms with Crippen molar-refractivity contribution in [3.8, 4) is 0 Å².